The van der Waals surface area contributed by atoms with Gasteiger partial charge in [0.05, 0.1) is 0 Å². The molecule has 1 heteroatoms. The molecule has 0 saturated heterocycles. The largest absolute Gasteiger partial charge is 0.399 e. The zero-order chi connectivity index (χ0) is 12.5. The summed E-state index contributed by atoms with van der Waals surface area (Å²) in [5, 5.41) is 0. The molecule has 0 bridgehead atoms. The monoisotopic (exact) mass is 233 g/mol. The molecule has 0 fully saturated rings. The van der Waals surface area contributed by atoms with Crippen LogP contribution in [0.5, 0.6) is 0 Å². The molecule has 2 N–H and O–H groups in total. The van der Waals surface area contributed by atoms with Crippen LogP contribution in [0.1, 0.15) is 63.5 Å². The fourth-order valence-corrected chi connectivity index (χ4v) is 2.25. The fraction of sp³-hybridized carbons (Fsp3) is 0.625. The third-order valence-corrected chi connectivity index (χ3v) is 3.33. The summed E-state index contributed by atoms with van der Waals surface area (Å²) in [5.74, 6) is 0. The molecule has 1 aromatic carbocycles. The molecule has 0 amide bonds. The molecular formula is C16H27N. The molecular weight excluding hydrogens is 206 g/mol. The summed E-state index contributed by atoms with van der Waals surface area (Å²) in [6.45, 7) is 4.51. The van der Waals surface area contributed by atoms with Gasteiger partial charge in [0.25, 0.3) is 0 Å². The Morgan fingerprint density at radius 1 is 0.824 bits per heavy atom. The van der Waals surface area contributed by atoms with E-state index in [4.69, 9.17) is 5.73 Å². The van der Waals surface area contributed by atoms with Gasteiger partial charge >= 0.3 is 0 Å². The van der Waals surface area contributed by atoms with Crippen LogP contribution in [0.25, 0.3) is 0 Å². The molecule has 1 rings (SSSR count). The van der Waals surface area contributed by atoms with E-state index in [0.717, 1.165) is 5.69 Å². The minimum Gasteiger partial charge on any atom is -0.399 e. The zero-order valence-electron chi connectivity index (χ0n) is 11.5. The Morgan fingerprint density at radius 2 is 1.41 bits per heavy atom. The van der Waals surface area contributed by atoms with Crippen molar-refractivity contribution in [2.45, 2.75) is 65.2 Å². The van der Waals surface area contributed by atoms with Gasteiger partial charge in [-0.3, -0.25) is 0 Å². The summed E-state index contributed by atoms with van der Waals surface area (Å²) >= 11 is 0. The predicted octanol–water partition coefficient (Wildman–Crippen LogP) is 4.73. The molecule has 1 nitrogen and oxygen atoms in total. The standard InChI is InChI=1S/C16H27N/c1-3-5-7-9-14-11-12-16(17)13-15(14)10-8-6-4-2/h11-13H,3-10,17H2,1-2H3. The number of nitrogen functional groups attached to an aromatic ring is 1. The van der Waals surface area contributed by atoms with Crippen molar-refractivity contribution in [3.05, 3.63) is 29.3 Å². The van der Waals surface area contributed by atoms with Crippen molar-refractivity contribution in [3.63, 3.8) is 0 Å². The summed E-state index contributed by atoms with van der Waals surface area (Å²) in [4.78, 5) is 0. The van der Waals surface area contributed by atoms with Crippen molar-refractivity contribution in [1.29, 1.82) is 0 Å². The molecule has 0 spiro atoms. The number of rotatable bonds is 8. The lowest BCUT2D eigenvalue weighted by Gasteiger charge is -2.10. The first-order valence-electron chi connectivity index (χ1n) is 7.15. The van der Waals surface area contributed by atoms with Gasteiger partial charge in [-0.25, -0.2) is 0 Å². The second kappa shape index (κ2) is 8.16. The second-order valence-electron chi connectivity index (χ2n) is 4.94. The molecule has 0 saturated carbocycles. The van der Waals surface area contributed by atoms with E-state index in [0.29, 0.717) is 0 Å². The molecule has 1 aromatic rings. The number of aryl methyl sites for hydroxylation is 2. The maximum atomic E-state index is 5.89. The number of nitrogens with two attached hydrogens (primary N) is 1. The molecule has 0 unspecified atom stereocenters. The normalized spacial score (nSPS) is 10.7. The van der Waals surface area contributed by atoms with E-state index in [9.17, 15) is 0 Å². The highest BCUT2D eigenvalue weighted by Gasteiger charge is 2.03. The molecule has 0 aliphatic carbocycles. The quantitative estimate of drug-likeness (QED) is 0.509. The smallest absolute Gasteiger partial charge is 0.0316 e. The third kappa shape index (κ3) is 5.25. The SMILES string of the molecule is CCCCCc1ccc(N)cc1CCCCC. The summed E-state index contributed by atoms with van der Waals surface area (Å²) in [6.07, 6.45) is 10.2. The summed E-state index contributed by atoms with van der Waals surface area (Å²) in [5.41, 5.74) is 9.80. The Hall–Kier alpha value is -0.980. The lowest BCUT2D eigenvalue weighted by Crippen LogP contribution is -1.97. The summed E-state index contributed by atoms with van der Waals surface area (Å²) < 4.78 is 0. The van der Waals surface area contributed by atoms with Gasteiger partial charge < -0.3 is 5.73 Å². The van der Waals surface area contributed by atoms with Crippen molar-refractivity contribution in [2.75, 3.05) is 5.73 Å². The van der Waals surface area contributed by atoms with Crippen LogP contribution in [0.3, 0.4) is 0 Å². The summed E-state index contributed by atoms with van der Waals surface area (Å²) in [6, 6.07) is 6.45. The van der Waals surface area contributed by atoms with Gasteiger partial charge in [-0.1, -0.05) is 45.6 Å². The molecule has 0 aliphatic heterocycles. The number of benzene rings is 1. The van der Waals surface area contributed by atoms with E-state index in [2.05, 4.69) is 26.0 Å². The van der Waals surface area contributed by atoms with E-state index in [1.165, 1.54) is 62.5 Å². The lowest BCUT2D eigenvalue weighted by atomic mass is 9.96. The first-order chi connectivity index (χ1) is 8.27. The Bertz CT molecular complexity index is 317. The Balaban J connectivity index is 2.59. The Labute approximate surface area is 106 Å². The van der Waals surface area contributed by atoms with Crippen molar-refractivity contribution >= 4 is 5.69 Å². The van der Waals surface area contributed by atoms with E-state index in [1.807, 2.05) is 6.07 Å². The van der Waals surface area contributed by atoms with Gasteiger partial charge in [-0.05, 0) is 48.9 Å². The molecule has 0 radical (unpaired) electrons. The van der Waals surface area contributed by atoms with Crippen LogP contribution in [0, 0.1) is 0 Å². The van der Waals surface area contributed by atoms with E-state index < -0.39 is 0 Å². The average molecular weight is 233 g/mol. The molecule has 0 aromatic heterocycles. The highest BCUT2D eigenvalue weighted by molar-refractivity contribution is 5.44. The number of hydrogen-bond donors (Lipinski definition) is 1. The van der Waals surface area contributed by atoms with Gasteiger partial charge in [0, 0.05) is 5.69 Å². The van der Waals surface area contributed by atoms with Crippen LogP contribution < -0.4 is 5.73 Å². The van der Waals surface area contributed by atoms with Crippen LogP contribution in [-0.4, -0.2) is 0 Å². The van der Waals surface area contributed by atoms with Crippen molar-refractivity contribution in [3.8, 4) is 0 Å². The minimum atomic E-state index is 0.913. The van der Waals surface area contributed by atoms with Crippen molar-refractivity contribution in [2.24, 2.45) is 0 Å². The van der Waals surface area contributed by atoms with Gasteiger partial charge in [0.2, 0.25) is 0 Å². The van der Waals surface area contributed by atoms with Crippen LogP contribution in [-0.2, 0) is 12.8 Å². The maximum absolute atomic E-state index is 5.89. The number of unbranched alkanes of at least 4 members (excludes halogenated alkanes) is 4. The molecule has 17 heavy (non-hydrogen) atoms. The van der Waals surface area contributed by atoms with Crippen molar-refractivity contribution in [1.82, 2.24) is 0 Å². The van der Waals surface area contributed by atoms with Crippen LogP contribution in [0.2, 0.25) is 0 Å². The lowest BCUT2D eigenvalue weighted by molar-refractivity contribution is 0.694. The highest BCUT2D eigenvalue weighted by atomic mass is 14.5. The average Bonchev–Trinajstić information content (AvgIpc) is 2.32. The van der Waals surface area contributed by atoms with E-state index >= 15 is 0 Å². The number of anilines is 1. The Kier molecular flexibility index (Phi) is 6.76. The molecule has 0 atom stereocenters. The highest BCUT2D eigenvalue weighted by Crippen LogP contribution is 2.19. The van der Waals surface area contributed by atoms with Crippen LogP contribution >= 0.6 is 0 Å². The third-order valence-electron chi connectivity index (χ3n) is 3.33. The van der Waals surface area contributed by atoms with E-state index in [-0.39, 0.29) is 0 Å². The molecule has 0 aliphatic rings. The maximum Gasteiger partial charge on any atom is 0.0316 e. The predicted molar refractivity (Wildman–Crippen MR) is 77.3 cm³/mol. The van der Waals surface area contributed by atoms with Crippen LogP contribution in [0.4, 0.5) is 5.69 Å². The van der Waals surface area contributed by atoms with E-state index in [1.54, 1.807) is 0 Å². The van der Waals surface area contributed by atoms with Crippen LogP contribution in [0.15, 0.2) is 18.2 Å². The summed E-state index contributed by atoms with van der Waals surface area (Å²) in [7, 11) is 0. The molecule has 0 heterocycles. The van der Waals surface area contributed by atoms with Crippen molar-refractivity contribution < 1.29 is 0 Å². The molecule has 96 valence electrons. The zero-order valence-corrected chi connectivity index (χ0v) is 11.5. The number of hydrogen-bond acceptors (Lipinski definition) is 1. The van der Waals surface area contributed by atoms with Gasteiger partial charge in [0.1, 0.15) is 0 Å². The van der Waals surface area contributed by atoms with Gasteiger partial charge in [-0.15, -0.1) is 0 Å². The van der Waals surface area contributed by atoms with Gasteiger partial charge in [-0.2, -0.15) is 0 Å². The topological polar surface area (TPSA) is 26.0 Å². The fourth-order valence-electron chi connectivity index (χ4n) is 2.25. The first kappa shape index (κ1) is 14.1. The van der Waals surface area contributed by atoms with Gasteiger partial charge in [0.15, 0.2) is 0 Å². The second-order valence-corrected chi connectivity index (χ2v) is 4.94. The first-order valence-corrected chi connectivity index (χ1v) is 7.15. The Morgan fingerprint density at radius 3 is 2.00 bits per heavy atom. The minimum absolute atomic E-state index is 0.913.